The molecule has 4 heteroatoms. The molecule has 4 nitrogen and oxygen atoms in total. The van der Waals surface area contributed by atoms with Crippen molar-refractivity contribution in [1.29, 1.82) is 0 Å². The molecule has 20 heavy (non-hydrogen) atoms. The van der Waals surface area contributed by atoms with E-state index in [4.69, 9.17) is 5.73 Å². The van der Waals surface area contributed by atoms with E-state index in [2.05, 4.69) is 24.1 Å². The van der Waals surface area contributed by atoms with Gasteiger partial charge in [0.1, 0.15) is 0 Å². The van der Waals surface area contributed by atoms with Crippen LogP contribution in [0.1, 0.15) is 52.4 Å². The number of carbonyl (C=O) groups excluding carboxylic acids is 1. The summed E-state index contributed by atoms with van der Waals surface area (Å²) in [5.74, 6) is 1.23. The minimum Gasteiger partial charge on any atom is -0.356 e. The fourth-order valence-corrected chi connectivity index (χ4v) is 3.62. The highest BCUT2D eigenvalue weighted by atomic mass is 16.1. The van der Waals surface area contributed by atoms with E-state index < -0.39 is 0 Å². The third kappa shape index (κ3) is 4.45. The van der Waals surface area contributed by atoms with E-state index in [0.717, 1.165) is 25.9 Å². The van der Waals surface area contributed by atoms with Gasteiger partial charge < -0.3 is 16.0 Å². The van der Waals surface area contributed by atoms with Crippen LogP contribution in [0.2, 0.25) is 0 Å². The maximum absolute atomic E-state index is 12.0. The van der Waals surface area contributed by atoms with Crippen molar-refractivity contribution in [1.82, 2.24) is 10.2 Å². The Bertz CT molecular complexity index is 319. The minimum absolute atomic E-state index is 0.203. The van der Waals surface area contributed by atoms with Crippen molar-refractivity contribution in [3.63, 3.8) is 0 Å². The second-order valence-corrected chi connectivity index (χ2v) is 6.96. The van der Waals surface area contributed by atoms with Crippen LogP contribution in [0.4, 0.5) is 0 Å². The number of amides is 1. The van der Waals surface area contributed by atoms with E-state index in [9.17, 15) is 4.79 Å². The second kappa shape index (κ2) is 7.41. The Morgan fingerprint density at radius 2 is 2.10 bits per heavy atom. The number of piperidine rings is 1. The molecule has 3 atom stereocenters. The first-order chi connectivity index (χ1) is 9.56. The maximum Gasteiger partial charge on any atom is 0.220 e. The molecule has 0 spiro atoms. The van der Waals surface area contributed by atoms with Crippen molar-refractivity contribution in [2.45, 2.75) is 64.5 Å². The molecule has 2 fully saturated rings. The van der Waals surface area contributed by atoms with Gasteiger partial charge in [0.15, 0.2) is 0 Å². The fourth-order valence-electron chi connectivity index (χ4n) is 3.62. The van der Waals surface area contributed by atoms with Gasteiger partial charge in [0.2, 0.25) is 5.91 Å². The van der Waals surface area contributed by atoms with E-state index in [1.165, 1.54) is 25.8 Å². The third-order valence-electron chi connectivity index (χ3n) is 5.03. The fraction of sp³-hybridized carbons (Fsp3) is 0.938. The standard InChI is InChI=1S/C16H31N3O/c1-12(2)19-8-4-5-13(11-19)10-18-16(20)9-14-6-3-7-15(14)17/h12-15H,3-11,17H2,1-2H3,(H,18,20)/t13?,14-,15+/m0/s1. The van der Waals surface area contributed by atoms with Crippen LogP contribution < -0.4 is 11.1 Å². The Kier molecular flexibility index (Phi) is 5.85. The van der Waals surface area contributed by atoms with Crippen LogP contribution in [0.15, 0.2) is 0 Å². The summed E-state index contributed by atoms with van der Waals surface area (Å²) in [5, 5.41) is 3.14. The molecular weight excluding hydrogens is 250 g/mol. The summed E-state index contributed by atoms with van der Waals surface area (Å²) >= 11 is 0. The van der Waals surface area contributed by atoms with E-state index in [-0.39, 0.29) is 11.9 Å². The second-order valence-electron chi connectivity index (χ2n) is 6.96. The van der Waals surface area contributed by atoms with E-state index in [1.54, 1.807) is 0 Å². The number of likely N-dealkylation sites (tertiary alicyclic amines) is 1. The Morgan fingerprint density at radius 3 is 2.75 bits per heavy atom. The molecule has 0 bridgehead atoms. The van der Waals surface area contributed by atoms with Crippen molar-refractivity contribution in [2.24, 2.45) is 17.6 Å². The largest absolute Gasteiger partial charge is 0.356 e. The maximum atomic E-state index is 12.0. The van der Waals surface area contributed by atoms with Crippen LogP contribution in [0.25, 0.3) is 0 Å². The van der Waals surface area contributed by atoms with Crippen molar-refractivity contribution < 1.29 is 4.79 Å². The summed E-state index contributed by atoms with van der Waals surface area (Å²) in [6.45, 7) is 7.68. The molecule has 0 aromatic carbocycles. The molecule has 116 valence electrons. The van der Waals surface area contributed by atoms with Gasteiger partial charge in [-0.3, -0.25) is 4.79 Å². The molecular formula is C16H31N3O. The number of hydrogen-bond donors (Lipinski definition) is 2. The zero-order chi connectivity index (χ0) is 14.5. The highest BCUT2D eigenvalue weighted by Gasteiger charge is 2.27. The molecule has 1 saturated heterocycles. The molecule has 0 aromatic heterocycles. The molecule has 2 rings (SSSR count). The van der Waals surface area contributed by atoms with Crippen LogP contribution in [0.3, 0.4) is 0 Å². The number of nitrogens with two attached hydrogens (primary N) is 1. The van der Waals surface area contributed by atoms with Crippen molar-refractivity contribution in [3.05, 3.63) is 0 Å². The van der Waals surface area contributed by atoms with Crippen LogP contribution in [0.5, 0.6) is 0 Å². The average Bonchev–Trinajstić information content (AvgIpc) is 2.82. The predicted octanol–water partition coefficient (Wildman–Crippen LogP) is 1.74. The molecule has 0 radical (unpaired) electrons. The Morgan fingerprint density at radius 1 is 1.30 bits per heavy atom. The summed E-state index contributed by atoms with van der Waals surface area (Å²) in [5.41, 5.74) is 6.03. The quantitative estimate of drug-likeness (QED) is 0.807. The Hall–Kier alpha value is -0.610. The van der Waals surface area contributed by atoms with Gasteiger partial charge in [0.25, 0.3) is 0 Å². The highest BCUT2D eigenvalue weighted by Crippen LogP contribution is 2.26. The highest BCUT2D eigenvalue weighted by molar-refractivity contribution is 5.76. The Balaban J connectivity index is 1.67. The van der Waals surface area contributed by atoms with E-state index >= 15 is 0 Å². The topological polar surface area (TPSA) is 58.4 Å². The summed E-state index contributed by atoms with van der Waals surface area (Å²) < 4.78 is 0. The minimum atomic E-state index is 0.203. The average molecular weight is 281 g/mol. The van der Waals surface area contributed by atoms with Gasteiger partial charge in [-0.1, -0.05) is 6.42 Å². The lowest BCUT2D eigenvalue weighted by Gasteiger charge is -2.35. The number of rotatable bonds is 5. The molecule has 1 heterocycles. The number of nitrogens with zero attached hydrogens (tertiary/aromatic N) is 1. The van der Waals surface area contributed by atoms with Gasteiger partial charge in [-0.25, -0.2) is 0 Å². The third-order valence-corrected chi connectivity index (χ3v) is 5.03. The van der Waals surface area contributed by atoms with Crippen LogP contribution >= 0.6 is 0 Å². The number of carbonyl (C=O) groups is 1. The lowest BCUT2D eigenvalue weighted by molar-refractivity contribution is -0.122. The van der Waals surface area contributed by atoms with E-state index in [1.807, 2.05) is 0 Å². The van der Waals surface area contributed by atoms with Gasteiger partial charge in [0, 0.05) is 31.6 Å². The molecule has 1 amide bonds. The van der Waals surface area contributed by atoms with Gasteiger partial charge >= 0.3 is 0 Å². The van der Waals surface area contributed by atoms with Crippen molar-refractivity contribution in [2.75, 3.05) is 19.6 Å². The van der Waals surface area contributed by atoms with E-state index in [0.29, 0.717) is 24.3 Å². The van der Waals surface area contributed by atoms with Crippen molar-refractivity contribution >= 4 is 5.91 Å². The summed E-state index contributed by atoms with van der Waals surface area (Å²) in [6, 6.07) is 0.858. The molecule has 1 aliphatic carbocycles. The predicted molar refractivity (Wildman–Crippen MR) is 82.4 cm³/mol. The normalized spacial score (nSPS) is 31.7. The van der Waals surface area contributed by atoms with Crippen LogP contribution in [-0.4, -0.2) is 42.5 Å². The first-order valence-corrected chi connectivity index (χ1v) is 8.32. The van der Waals surface area contributed by atoms with Crippen molar-refractivity contribution in [3.8, 4) is 0 Å². The van der Waals surface area contributed by atoms with Gasteiger partial charge in [-0.15, -0.1) is 0 Å². The molecule has 1 saturated carbocycles. The molecule has 0 aromatic rings. The van der Waals surface area contributed by atoms with Gasteiger partial charge in [0.05, 0.1) is 0 Å². The summed E-state index contributed by atoms with van der Waals surface area (Å²) in [6.07, 6.45) is 6.52. The molecule has 3 N–H and O–H groups in total. The van der Waals surface area contributed by atoms with Crippen LogP contribution in [-0.2, 0) is 4.79 Å². The zero-order valence-corrected chi connectivity index (χ0v) is 13.1. The molecule has 1 aliphatic heterocycles. The van der Waals surface area contributed by atoms with Gasteiger partial charge in [-0.05, 0) is 57.9 Å². The zero-order valence-electron chi connectivity index (χ0n) is 13.1. The smallest absolute Gasteiger partial charge is 0.220 e. The Labute approximate surface area is 123 Å². The first-order valence-electron chi connectivity index (χ1n) is 8.32. The summed E-state index contributed by atoms with van der Waals surface area (Å²) in [7, 11) is 0. The lowest BCUT2D eigenvalue weighted by Crippen LogP contribution is -2.44. The number of hydrogen-bond acceptors (Lipinski definition) is 3. The SMILES string of the molecule is CC(C)N1CCCC(CNC(=O)C[C@@H]2CCC[C@H]2N)C1. The molecule has 2 aliphatic rings. The monoisotopic (exact) mass is 281 g/mol. The van der Waals surface area contributed by atoms with Gasteiger partial charge in [-0.2, -0.15) is 0 Å². The first kappa shape index (κ1) is 15.8. The molecule has 1 unspecified atom stereocenters. The number of nitrogens with one attached hydrogen (secondary N) is 1. The summed E-state index contributed by atoms with van der Waals surface area (Å²) in [4.78, 5) is 14.5. The van der Waals surface area contributed by atoms with Crippen LogP contribution in [0, 0.1) is 11.8 Å². The lowest BCUT2D eigenvalue weighted by atomic mass is 9.96.